The molecule has 0 aliphatic rings. The third kappa shape index (κ3) is 3.23. The molecular weight excluding hydrogens is 328 g/mol. The standard InChI is InChI=1S/C17H15BrN2O/c18-14-5-3-13(7-8-19)17(10-14)21-15-6-4-12-2-1-9-20-16(12)11-15/h1-6,9-11H,7-8,19H2. The zero-order chi connectivity index (χ0) is 14.7. The Morgan fingerprint density at radius 3 is 2.86 bits per heavy atom. The zero-order valence-electron chi connectivity index (χ0n) is 11.4. The van der Waals surface area contributed by atoms with Crippen molar-refractivity contribution < 1.29 is 4.74 Å². The molecule has 3 aromatic rings. The first-order valence-electron chi connectivity index (χ1n) is 6.77. The van der Waals surface area contributed by atoms with Crippen LogP contribution in [0.25, 0.3) is 10.9 Å². The minimum absolute atomic E-state index is 0.595. The topological polar surface area (TPSA) is 48.1 Å². The number of nitrogens with two attached hydrogens (primary N) is 1. The first kappa shape index (κ1) is 14.0. The van der Waals surface area contributed by atoms with Gasteiger partial charge in [0.1, 0.15) is 11.5 Å². The van der Waals surface area contributed by atoms with Crippen LogP contribution < -0.4 is 10.5 Å². The van der Waals surface area contributed by atoms with Gasteiger partial charge in [-0.3, -0.25) is 4.98 Å². The Balaban J connectivity index is 1.95. The predicted molar refractivity (Wildman–Crippen MR) is 88.7 cm³/mol. The molecule has 0 atom stereocenters. The SMILES string of the molecule is NCCc1ccc(Br)cc1Oc1ccc2cccnc2c1. The van der Waals surface area contributed by atoms with Gasteiger partial charge in [-0.1, -0.05) is 28.1 Å². The maximum absolute atomic E-state index is 6.03. The molecule has 3 rings (SSSR count). The van der Waals surface area contributed by atoms with Crippen LogP contribution in [0.15, 0.2) is 59.2 Å². The van der Waals surface area contributed by atoms with Crippen molar-refractivity contribution in [1.82, 2.24) is 4.98 Å². The molecule has 0 saturated heterocycles. The third-order valence-electron chi connectivity index (χ3n) is 3.25. The molecule has 0 aliphatic heterocycles. The van der Waals surface area contributed by atoms with Crippen molar-refractivity contribution in [3.8, 4) is 11.5 Å². The molecule has 0 fully saturated rings. The van der Waals surface area contributed by atoms with Gasteiger partial charge in [0.25, 0.3) is 0 Å². The van der Waals surface area contributed by atoms with E-state index in [2.05, 4.69) is 20.9 Å². The minimum Gasteiger partial charge on any atom is -0.457 e. The number of halogens is 1. The second-order valence-corrected chi connectivity index (χ2v) is 5.67. The van der Waals surface area contributed by atoms with Gasteiger partial charge in [0.2, 0.25) is 0 Å². The van der Waals surface area contributed by atoms with Crippen LogP contribution in [0.5, 0.6) is 11.5 Å². The van der Waals surface area contributed by atoms with E-state index in [4.69, 9.17) is 10.5 Å². The number of nitrogens with zero attached hydrogens (tertiary/aromatic N) is 1. The zero-order valence-corrected chi connectivity index (χ0v) is 13.0. The highest BCUT2D eigenvalue weighted by molar-refractivity contribution is 9.10. The van der Waals surface area contributed by atoms with Gasteiger partial charge in [-0.05, 0) is 48.9 Å². The van der Waals surface area contributed by atoms with Gasteiger partial charge >= 0.3 is 0 Å². The maximum atomic E-state index is 6.03. The van der Waals surface area contributed by atoms with Gasteiger partial charge in [0, 0.05) is 22.1 Å². The van der Waals surface area contributed by atoms with Gasteiger partial charge in [0.05, 0.1) is 5.52 Å². The van der Waals surface area contributed by atoms with E-state index in [9.17, 15) is 0 Å². The molecule has 21 heavy (non-hydrogen) atoms. The number of hydrogen-bond acceptors (Lipinski definition) is 3. The fourth-order valence-corrected chi connectivity index (χ4v) is 2.56. The van der Waals surface area contributed by atoms with Gasteiger partial charge in [-0.2, -0.15) is 0 Å². The molecule has 0 radical (unpaired) electrons. The van der Waals surface area contributed by atoms with Crippen LogP contribution in [0.2, 0.25) is 0 Å². The third-order valence-corrected chi connectivity index (χ3v) is 3.74. The maximum Gasteiger partial charge on any atom is 0.131 e. The van der Waals surface area contributed by atoms with Crippen LogP contribution in [0.3, 0.4) is 0 Å². The Labute approximate surface area is 131 Å². The monoisotopic (exact) mass is 342 g/mol. The quantitative estimate of drug-likeness (QED) is 0.769. The van der Waals surface area contributed by atoms with Crippen LogP contribution >= 0.6 is 15.9 Å². The van der Waals surface area contributed by atoms with Crippen molar-refractivity contribution in [3.63, 3.8) is 0 Å². The molecule has 0 spiro atoms. The fourth-order valence-electron chi connectivity index (χ4n) is 2.22. The van der Waals surface area contributed by atoms with Crippen molar-refractivity contribution in [2.45, 2.75) is 6.42 Å². The summed E-state index contributed by atoms with van der Waals surface area (Å²) in [6.07, 6.45) is 2.57. The lowest BCUT2D eigenvalue weighted by molar-refractivity contribution is 0.476. The molecule has 0 saturated carbocycles. The van der Waals surface area contributed by atoms with E-state index in [1.807, 2.05) is 48.5 Å². The van der Waals surface area contributed by atoms with Gasteiger partial charge in [-0.25, -0.2) is 0 Å². The molecule has 0 amide bonds. The number of ether oxygens (including phenoxy) is 1. The normalized spacial score (nSPS) is 10.8. The van der Waals surface area contributed by atoms with Crippen molar-refractivity contribution in [2.24, 2.45) is 5.73 Å². The van der Waals surface area contributed by atoms with Crippen LogP contribution in [-0.4, -0.2) is 11.5 Å². The molecule has 1 aromatic heterocycles. The molecule has 0 aliphatic carbocycles. The number of rotatable bonds is 4. The van der Waals surface area contributed by atoms with Gasteiger partial charge < -0.3 is 10.5 Å². The molecule has 0 bridgehead atoms. The summed E-state index contributed by atoms with van der Waals surface area (Å²) in [7, 11) is 0. The smallest absolute Gasteiger partial charge is 0.131 e. The summed E-state index contributed by atoms with van der Waals surface area (Å²) in [5.41, 5.74) is 7.68. The summed E-state index contributed by atoms with van der Waals surface area (Å²) in [6, 6.07) is 15.9. The molecular formula is C17H15BrN2O. The fraction of sp³-hybridized carbons (Fsp3) is 0.118. The van der Waals surface area contributed by atoms with Crippen LogP contribution in [-0.2, 0) is 6.42 Å². The highest BCUT2D eigenvalue weighted by atomic mass is 79.9. The Hall–Kier alpha value is -1.91. The van der Waals surface area contributed by atoms with E-state index in [-0.39, 0.29) is 0 Å². The minimum atomic E-state index is 0.595. The number of fused-ring (bicyclic) bond motifs is 1. The summed E-state index contributed by atoms with van der Waals surface area (Å²) in [4.78, 5) is 4.35. The van der Waals surface area contributed by atoms with Gasteiger partial charge in [-0.15, -0.1) is 0 Å². The Kier molecular flexibility index (Phi) is 4.18. The average Bonchev–Trinajstić information content (AvgIpc) is 2.50. The highest BCUT2D eigenvalue weighted by Crippen LogP contribution is 2.30. The van der Waals surface area contributed by atoms with E-state index >= 15 is 0 Å². The first-order chi connectivity index (χ1) is 10.3. The number of pyridine rings is 1. The lowest BCUT2D eigenvalue weighted by Gasteiger charge is -2.11. The summed E-state index contributed by atoms with van der Waals surface area (Å²) in [5.74, 6) is 1.60. The van der Waals surface area contributed by atoms with E-state index in [0.717, 1.165) is 38.9 Å². The summed E-state index contributed by atoms with van der Waals surface area (Å²) < 4.78 is 7.01. The van der Waals surface area contributed by atoms with Crippen LogP contribution in [0, 0.1) is 0 Å². The lowest BCUT2D eigenvalue weighted by Crippen LogP contribution is -2.04. The Bertz CT molecular complexity index is 774. The van der Waals surface area contributed by atoms with E-state index in [1.54, 1.807) is 6.20 Å². The second-order valence-electron chi connectivity index (χ2n) is 4.75. The van der Waals surface area contributed by atoms with E-state index in [0.29, 0.717) is 6.54 Å². The average molecular weight is 343 g/mol. The van der Waals surface area contributed by atoms with Crippen molar-refractivity contribution in [1.29, 1.82) is 0 Å². The van der Waals surface area contributed by atoms with E-state index in [1.165, 1.54) is 0 Å². The molecule has 4 heteroatoms. The summed E-state index contributed by atoms with van der Waals surface area (Å²) in [6.45, 7) is 0.595. The largest absolute Gasteiger partial charge is 0.457 e. The predicted octanol–water partition coefficient (Wildman–Crippen LogP) is 4.29. The van der Waals surface area contributed by atoms with Crippen molar-refractivity contribution >= 4 is 26.8 Å². The molecule has 106 valence electrons. The molecule has 3 nitrogen and oxygen atoms in total. The van der Waals surface area contributed by atoms with Gasteiger partial charge in [0.15, 0.2) is 0 Å². The second kappa shape index (κ2) is 6.24. The van der Waals surface area contributed by atoms with Crippen molar-refractivity contribution in [3.05, 3.63) is 64.8 Å². The molecule has 2 aromatic carbocycles. The number of benzene rings is 2. The van der Waals surface area contributed by atoms with Crippen LogP contribution in [0.1, 0.15) is 5.56 Å². The Morgan fingerprint density at radius 1 is 1.10 bits per heavy atom. The van der Waals surface area contributed by atoms with Crippen molar-refractivity contribution in [2.75, 3.05) is 6.54 Å². The summed E-state index contributed by atoms with van der Waals surface area (Å²) >= 11 is 3.48. The number of aromatic nitrogens is 1. The number of hydrogen-bond donors (Lipinski definition) is 1. The molecule has 0 unspecified atom stereocenters. The van der Waals surface area contributed by atoms with Crippen LogP contribution in [0.4, 0.5) is 0 Å². The first-order valence-corrected chi connectivity index (χ1v) is 7.57. The summed E-state index contributed by atoms with van der Waals surface area (Å²) in [5, 5.41) is 1.10. The lowest BCUT2D eigenvalue weighted by atomic mass is 10.1. The molecule has 1 heterocycles. The Morgan fingerprint density at radius 2 is 2.00 bits per heavy atom. The molecule has 2 N–H and O–H groups in total. The highest BCUT2D eigenvalue weighted by Gasteiger charge is 2.06. The van der Waals surface area contributed by atoms with E-state index < -0.39 is 0 Å².